The van der Waals surface area contributed by atoms with Crippen LogP contribution in [0.1, 0.15) is 16.6 Å². The summed E-state index contributed by atoms with van der Waals surface area (Å²) < 4.78 is 8.89. The van der Waals surface area contributed by atoms with E-state index in [1.165, 1.54) is 0 Å². The van der Waals surface area contributed by atoms with Crippen molar-refractivity contribution in [3.63, 3.8) is 0 Å². The number of carbonyl (C=O) groups excluding carboxylic acids is 1. The molecule has 0 radical (unpaired) electrons. The Balaban J connectivity index is 2.68. The van der Waals surface area contributed by atoms with E-state index in [9.17, 15) is 4.79 Å². The Kier molecular flexibility index (Phi) is 2.39. The summed E-state index contributed by atoms with van der Waals surface area (Å²) in [4.78, 5) is 10.7. The van der Waals surface area contributed by atoms with Crippen LogP contribution in [0.2, 0.25) is 0 Å². The molecular formula is C6H7NO2S. The molecule has 0 spiro atoms. The Morgan fingerprint density at radius 1 is 1.90 bits per heavy atom. The molecule has 0 N–H and O–H groups in total. The summed E-state index contributed by atoms with van der Waals surface area (Å²) >= 11 is 1.15. The first kappa shape index (κ1) is 7.21. The summed E-state index contributed by atoms with van der Waals surface area (Å²) in [6.45, 7) is 2.46. The molecule has 0 atom stereocenters. The Labute approximate surface area is 62.8 Å². The molecule has 1 rings (SSSR count). The van der Waals surface area contributed by atoms with Crippen molar-refractivity contribution < 1.29 is 9.53 Å². The normalized spacial score (nSPS) is 9.30. The number of ether oxygens (including phenoxy) is 1. The van der Waals surface area contributed by atoms with Crippen molar-refractivity contribution in [1.29, 1.82) is 0 Å². The molecule has 1 aromatic heterocycles. The molecule has 0 saturated carbocycles. The minimum absolute atomic E-state index is 0.537. The highest BCUT2D eigenvalue weighted by Crippen LogP contribution is 2.13. The number of hydrogen-bond acceptors (Lipinski definition) is 4. The average Bonchev–Trinajstić information content (AvgIpc) is 2.37. The fourth-order valence-electron chi connectivity index (χ4n) is 0.544. The molecule has 0 aliphatic rings. The van der Waals surface area contributed by atoms with Crippen LogP contribution in [0.4, 0.5) is 0 Å². The van der Waals surface area contributed by atoms with E-state index >= 15 is 0 Å². The molecule has 0 unspecified atom stereocenters. The van der Waals surface area contributed by atoms with Crippen molar-refractivity contribution in [2.45, 2.75) is 6.92 Å². The van der Waals surface area contributed by atoms with E-state index in [-0.39, 0.29) is 0 Å². The summed E-state index contributed by atoms with van der Waals surface area (Å²) in [5, 5.41) is 0. The SMILES string of the molecule is CCOc1cc(C=O)sn1. The standard InChI is InChI=1S/C6H7NO2S/c1-2-9-6-3-5(4-8)10-7-6/h3-4H,2H2,1H3. The van der Waals surface area contributed by atoms with Gasteiger partial charge in [0, 0.05) is 6.07 Å². The lowest BCUT2D eigenvalue weighted by Crippen LogP contribution is -1.89. The second-order valence-electron chi connectivity index (χ2n) is 1.62. The molecule has 10 heavy (non-hydrogen) atoms. The third-order valence-electron chi connectivity index (χ3n) is 0.915. The van der Waals surface area contributed by atoms with Gasteiger partial charge >= 0.3 is 0 Å². The van der Waals surface area contributed by atoms with E-state index in [1.807, 2.05) is 6.92 Å². The third kappa shape index (κ3) is 1.54. The maximum Gasteiger partial charge on any atom is 0.225 e. The molecule has 1 aromatic rings. The van der Waals surface area contributed by atoms with Gasteiger partial charge in [-0.05, 0) is 18.5 Å². The highest BCUT2D eigenvalue weighted by Gasteiger charge is 1.98. The topological polar surface area (TPSA) is 39.2 Å². The summed E-state index contributed by atoms with van der Waals surface area (Å²) in [6, 6.07) is 1.63. The van der Waals surface area contributed by atoms with E-state index in [1.54, 1.807) is 6.07 Å². The van der Waals surface area contributed by atoms with Crippen LogP contribution in [0.15, 0.2) is 6.07 Å². The van der Waals surface area contributed by atoms with Crippen LogP contribution >= 0.6 is 11.5 Å². The van der Waals surface area contributed by atoms with Gasteiger partial charge in [0.1, 0.15) is 0 Å². The van der Waals surface area contributed by atoms with Crippen molar-refractivity contribution in [3.05, 3.63) is 10.9 Å². The van der Waals surface area contributed by atoms with Crippen molar-refractivity contribution in [2.24, 2.45) is 0 Å². The number of aromatic nitrogens is 1. The van der Waals surface area contributed by atoms with Crippen LogP contribution in [0.25, 0.3) is 0 Å². The minimum atomic E-state index is 0.537. The Morgan fingerprint density at radius 3 is 3.20 bits per heavy atom. The summed E-state index contributed by atoms with van der Waals surface area (Å²) in [7, 11) is 0. The molecule has 0 fully saturated rings. The van der Waals surface area contributed by atoms with Crippen molar-refractivity contribution in [3.8, 4) is 5.88 Å². The van der Waals surface area contributed by atoms with Gasteiger partial charge in [-0.3, -0.25) is 4.79 Å². The van der Waals surface area contributed by atoms with Crippen LogP contribution < -0.4 is 4.74 Å². The molecule has 3 nitrogen and oxygen atoms in total. The number of aldehydes is 1. The predicted octanol–water partition coefficient (Wildman–Crippen LogP) is 1.35. The number of hydrogen-bond donors (Lipinski definition) is 0. The molecule has 4 heteroatoms. The smallest absolute Gasteiger partial charge is 0.225 e. The lowest BCUT2D eigenvalue weighted by Gasteiger charge is -1.92. The fourth-order valence-corrected chi connectivity index (χ4v) is 1.04. The van der Waals surface area contributed by atoms with Crippen LogP contribution in [0, 0.1) is 0 Å². The molecule has 0 amide bonds. The molecule has 0 bridgehead atoms. The summed E-state index contributed by atoms with van der Waals surface area (Å²) in [6.07, 6.45) is 0.764. The Morgan fingerprint density at radius 2 is 2.70 bits per heavy atom. The summed E-state index contributed by atoms with van der Waals surface area (Å²) in [5.74, 6) is 0.537. The van der Waals surface area contributed by atoms with Crippen LogP contribution in [-0.4, -0.2) is 17.3 Å². The van der Waals surface area contributed by atoms with Crippen LogP contribution in [0.3, 0.4) is 0 Å². The third-order valence-corrected chi connectivity index (χ3v) is 1.61. The molecule has 0 aliphatic heterocycles. The van der Waals surface area contributed by atoms with Gasteiger partial charge in [-0.2, -0.15) is 4.37 Å². The van der Waals surface area contributed by atoms with Gasteiger partial charge in [0.2, 0.25) is 5.88 Å². The van der Waals surface area contributed by atoms with Gasteiger partial charge < -0.3 is 4.74 Å². The molecule has 1 heterocycles. The monoisotopic (exact) mass is 157 g/mol. The maximum atomic E-state index is 10.1. The van der Waals surface area contributed by atoms with Gasteiger partial charge in [0.05, 0.1) is 11.5 Å². The molecule has 54 valence electrons. The van der Waals surface area contributed by atoms with E-state index in [2.05, 4.69) is 4.37 Å². The summed E-state index contributed by atoms with van der Waals surface area (Å²) in [5.41, 5.74) is 0. The first-order chi connectivity index (χ1) is 4.86. The second kappa shape index (κ2) is 3.31. The van der Waals surface area contributed by atoms with Crippen LogP contribution in [-0.2, 0) is 0 Å². The van der Waals surface area contributed by atoms with Crippen molar-refractivity contribution >= 4 is 17.8 Å². The largest absolute Gasteiger partial charge is 0.477 e. The molecular weight excluding hydrogens is 150 g/mol. The number of rotatable bonds is 3. The lowest BCUT2D eigenvalue weighted by atomic mass is 10.5. The zero-order valence-corrected chi connectivity index (χ0v) is 6.35. The first-order valence-electron chi connectivity index (χ1n) is 2.91. The zero-order chi connectivity index (χ0) is 7.40. The maximum absolute atomic E-state index is 10.1. The minimum Gasteiger partial charge on any atom is -0.477 e. The van der Waals surface area contributed by atoms with Crippen LogP contribution in [0.5, 0.6) is 5.88 Å². The van der Waals surface area contributed by atoms with E-state index < -0.39 is 0 Å². The zero-order valence-electron chi connectivity index (χ0n) is 5.53. The molecule has 0 saturated heterocycles. The molecule has 0 aromatic carbocycles. The van der Waals surface area contributed by atoms with Gasteiger partial charge in [-0.25, -0.2) is 0 Å². The van der Waals surface area contributed by atoms with E-state index in [0.29, 0.717) is 17.4 Å². The average molecular weight is 157 g/mol. The first-order valence-corrected chi connectivity index (χ1v) is 3.69. The second-order valence-corrected chi connectivity index (χ2v) is 2.45. The van der Waals surface area contributed by atoms with Gasteiger partial charge in [0.15, 0.2) is 6.29 Å². The van der Waals surface area contributed by atoms with Crippen molar-refractivity contribution in [1.82, 2.24) is 4.37 Å². The quantitative estimate of drug-likeness (QED) is 0.622. The Hall–Kier alpha value is -0.900. The predicted molar refractivity (Wildman–Crippen MR) is 38.7 cm³/mol. The molecule has 0 aliphatic carbocycles. The van der Waals surface area contributed by atoms with Crippen molar-refractivity contribution in [2.75, 3.05) is 6.61 Å². The lowest BCUT2D eigenvalue weighted by molar-refractivity contribution is 0.112. The highest BCUT2D eigenvalue weighted by atomic mass is 32.1. The van der Waals surface area contributed by atoms with E-state index in [4.69, 9.17) is 4.74 Å². The number of nitrogens with zero attached hydrogens (tertiary/aromatic N) is 1. The number of carbonyl (C=O) groups is 1. The fraction of sp³-hybridized carbons (Fsp3) is 0.333. The van der Waals surface area contributed by atoms with Gasteiger partial charge in [-0.15, -0.1) is 0 Å². The highest BCUT2D eigenvalue weighted by molar-refractivity contribution is 7.07. The van der Waals surface area contributed by atoms with Gasteiger partial charge in [-0.1, -0.05) is 0 Å². The van der Waals surface area contributed by atoms with E-state index in [0.717, 1.165) is 17.8 Å². The van der Waals surface area contributed by atoms with Gasteiger partial charge in [0.25, 0.3) is 0 Å². The Bertz CT molecular complexity index is 221.